The monoisotopic (exact) mass is 442 g/mol. The van der Waals surface area contributed by atoms with Gasteiger partial charge in [-0.3, -0.25) is 19.3 Å². The first-order valence-electron chi connectivity index (χ1n) is 9.69. The minimum atomic E-state index is -4.49. The number of nitrogens with one attached hydrogen (secondary N) is 1. The predicted octanol–water partition coefficient (Wildman–Crippen LogP) is 5.18. The number of anilines is 2. The van der Waals surface area contributed by atoms with E-state index in [1.807, 2.05) is 0 Å². The van der Waals surface area contributed by atoms with Crippen LogP contribution in [0.25, 0.3) is 11.3 Å². The highest BCUT2D eigenvalue weighted by Crippen LogP contribution is 2.33. The van der Waals surface area contributed by atoms with Gasteiger partial charge in [-0.05, 0) is 55.0 Å². The molecule has 2 aromatic carbocycles. The van der Waals surface area contributed by atoms with Crippen molar-refractivity contribution < 1.29 is 32.0 Å². The molecule has 0 aliphatic carbocycles. The second kappa shape index (κ2) is 7.99. The largest absolute Gasteiger partial charge is 0.451 e. The van der Waals surface area contributed by atoms with Crippen LogP contribution in [0.3, 0.4) is 0 Å². The number of amides is 3. The van der Waals surface area contributed by atoms with Crippen LogP contribution in [-0.4, -0.2) is 17.7 Å². The first-order chi connectivity index (χ1) is 15.1. The molecule has 1 N–H and O–H groups in total. The van der Waals surface area contributed by atoms with Gasteiger partial charge in [0.15, 0.2) is 5.76 Å². The van der Waals surface area contributed by atoms with Crippen LogP contribution in [0.2, 0.25) is 0 Å². The summed E-state index contributed by atoms with van der Waals surface area (Å²) in [6, 6.07) is 12.1. The van der Waals surface area contributed by atoms with Crippen LogP contribution in [0.5, 0.6) is 0 Å². The average molecular weight is 442 g/mol. The predicted molar refractivity (Wildman–Crippen MR) is 110 cm³/mol. The number of carbonyl (C=O) groups excluding carboxylic acids is 3. The van der Waals surface area contributed by atoms with Gasteiger partial charge in [0.05, 0.1) is 11.3 Å². The molecule has 0 saturated carbocycles. The summed E-state index contributed by atoms with van der Waals surface area (Å²) in [7, 11) is 0. The molecule has 0 bridgehead atoms. The second-order valence-corrected chi connectivity index (χ2v) is 7.32. The lowest BCUT2D eigenvalue weighted by Gasteiger charge is -2.17. The molecule has 6 nitrogen and oxygen atoms in total. The number of aryl methyl sites for hydroxylation is 1. The number of hydrogen-bond donors (Lipinski definition) is 1. The summed E-state index contributed by atoms with van der Waals surface area (Å²) >= 11 is 0. The molecule has 1 aliphatic rings. The van der Waals surface area contributed by atoms with Gasteiger partial charge in [0.1, 0.15) is 5.76 Å². The number of imide groups is 1. The number of halogens is 3. The number of nitrogens with zero attached hydrogens (tertiary/aromatic N) is 1. The Bertz CT molecular complexity index is 1210. The fourth-order valence-corrected chi connectivity index (χ4v) is 3.49. The number of hydrogen-bond acceptors (Lipinski definition) is 4. The Labute approximate surface area is 180 Å². The maximum atomic E-state index is 12.9. The third kappa shape index (κ3) is 4.14. The number of rotatable bonds is 4. The third-order valence-electron chi connectivity index (χ3n) is 5.05. The maximum Gasteiger partial charge on any atom is 0.416 e. The minimum absolute atomic E-state index is 0.0796. The van der Waals surface area contributed by atoms with E-state index in [4.69, 9.17) is 4.42 Å². The maximum absolute atomic E-state index is 12.9. The molecular formula is C23H17F3N2O4. The fourth-order valence-electron chi connectivity index (χ4n) is 3.49. The summed E-state index contributed by atoms with van der Waals surface area (Å²) in [6.45, 7) is 1.71. The van der Waals surface area contributed by atoms with Crippen LogP contribution in [0.4, 0.5) is 24.5 Å². The number of benzene rings is 2. The van der Waals surface area contributed by atoms with Gasteiger partial charge in [0, 0.05) is 24.1 Å². The summed E-state index contributed by atoms with van der Waals surface area (Å²) in [4.78, 5) is 37.6. The van der Waals surface area contributed by atoms with E-state index in [-0.39, 0.29) is 41.7 Å². The Kier molecular flexibility index (Phi) is 5.33. The minimum Gasteiger partial charge on any atom is -0.451 e. The SMILES string of the molecule is Cc1cc(NC(=O)c2ccc(-c3cccc(C(F)(F)F)c3)o2)ccc1N1C(=O)CCC1=O. The van der Waals surface area contributed by atoms with E-state index in [1.54, 1.807) is 25.1 Å². The van der Waals surface area contributed by atoms with Crippen LogP contribution in [0.15, 0.2) is 59.0 Å². The van der Waals surface area contributed by atoms with Crippen LogP contribution < -0.4 is 10.2 Å². The van der Waals surface area contributed by atoms with Gasteiger partial charge in [0.25, 0.3) is 5.91 Å². The molecule has 0 atom stereocenters. The molecule has 1 aliphatic heterocycles. The molecular weight excluding hydrogens is 425 g/mol. The Morgan fingerprint density at radius 3 is 2.38 bits per heavy atom. The Morgan fingerprint density at radius 2 is 1.72 bits per heavy atom. The topological polar surface area (TPSA) is 79.6 Å². The summed E-state index contributed by atoms with van der Waals surface area (Å²) in [5.41, 5.74) is 0.866. The lowest BCUT2D eigenvalue weighted by atomic mass is 10.1. The quantitative estimate of drug-likeness (QED) is 0.565. The van der Waals surface area contributed by atoms with Gasteiger partial charge in [-0.15, -0.1) is 0 Å². The van der Waals surface area contributed by atoms with Crippen molar-refractivity contribution in [1.82, 2.24) is 0 Å². The van der Waals surface area contributed by atoms with Crippen molar-refractivity contribution in [2.75, 3.05) is 10.2 Å². The molecule has 1 saturated heterocycles. The summed E-state index contributed by atoms with van der Waals surface area (Å²) in [5, 5.41) is 2.64. The molecule has 0 spiro atoms. The normalized spacial score (nSPS) is 14.2. The van der Waals surface area contributed by atoms with Crippen molar-refractivity contribution >= 4 is 29.1 Å². The van der Waals surface area contributed by atoms with Gasteiger partial charge in [0.2, 0.25) is 11.8 Å². The highest BCUT2D eigenvalue weighted by atomic mass is 19.4. The van der Waals surface area contributed by atoms with E-state index in [0.29, 0.717) is 16.9 Å². The highest BCUT2D eigenvalue weighted by Gasteiger charge is 2.32. The smallest absolute Gasteiger partial charge is 0.416 e. The van der Waals surface area contributed by atoms with Crippen molar-refractivity contribution in [2.24, 2.45) is 0 Å². The molecule has 1 aromatic heterocycles. The number of carbonyl (C=O) groups is 3. The Hall–Kier alpha value is -3.88. The van der Waals surface area contributed by atoms with Gasteiger partial charge in [-0.1, -0.05) is 12.1 Å². The zero-order valence-electron chi connectivity index (χ0n) is 16.8. The molecule has 3 aromatic rings. The van der Waals surface area contributed by atoms with E-state index in [9.17, 15) is 27.6 Å². The van der Waals surface area contributed by atoms with Gasteiger partial charge in [-0.2, -0.15) is 13.2 Å². The van der Waals surface area contributed by atoms with E-state index in [2.05, 4.69) is 5.32 Å². The van der Waals surface area contributed by atoms with E-state index >= 15 is 0 Å². The number of alkyl halides is 3. The lowest BCUT2D eigenvalue weighted by Crippen LogP contribution is -2.29. The molecule has 2 heterocycles. The Morgan fingerprint density at radius 1 is 1.00 bits per heavy atom. The van der Waals surface area contributed by atoms with Crippen LogP contribution >= 0.6 is 0 Å². The van der Waals surface area contributed by atoms with Crippen LogP contribution in [0.1, 0.15) is 34.5 Å². The second-order valence-electron chi connectivity index (χ2n) is 7.32. The molecule has 0 radical (unpaired) electrons. The first kappa shape index (κ1) is 21.4. The third-order valence-corrected chi connectivity index (χ3v) is 5.05. The molecule has 4 rings (SSSR count). The van der Waals surface area contributed by atoms with Gasteiger partial charge < -0.3 is 9.73 Å². The summed E-state index contributed by atoms with van der Waals surface area (Å²) in [5.74, 6) is -1.09. The molecule has 1 fully saturated rings. The summed E-state index contributed by atoms with van der Waals surface area (Å²) < 4.78 is 44.2. The molecule has 0 unspecified atom stereocenters. The van der Waals surface area contributed by atoms with Crippen molar-refractivity contribution in [3.63, 3.8) is 0 Å². The van der Waals surface area contributed by atoms with Crippen molar-refractivity contribution in [1.29, 1.82) is 0 Å². The van der Waals surface area contributed by atoms with Crippen molar-refractivity contribution in [2.45, 2.75) is 25.9 Å². The standard InChI is InChI=1S/C23H17F3N2O4/c1-13-11-16(5-6-17(13)28-20(29)9-10-21(28)30)27-22(31)19-8-7-18(32-19)14-3-2-4-15(12-14)23(24,25)26/h2-8,11-12H,9-10H2,1H3,(H,27,31). The average Bonchev–Trinajstić information content (AvgIpc) is 3.35. The fraction of sp³-hybridized carbons (Fsp3) is 0.174. The van der Waals surface area contributed by atoms with E-state index in [1.165, 1.54) is 24.3 Å². The molecule has 3 amide bonds. The number of furan rings is 1. The van der Waals surface area contributed by atoms with E-state index in [0.717, 1.165) is 17.0 Å². The van der Waals surface area contributed by atoms with E-state index < -0.39 is 17.6 Å². The first-order valence-corrected chi connectivity index (χ1v) is 9.69. The molecule has 9 heteroatoms. The van der Waals surface area contributed by atoms with Gasteiger partial charge >= 0.3 is 6.18 Å². The lowest BCUT2D eigenvalue weighted by molar-refractivity contribution is -0.137. The summed E-state index contributed by atoms with van der Waals surface area (Å²) in [6.07, 6.45) is -4.15. The van der Waals surface area contributed by atoms with Crippen molar-refractivity contribution in [3.8, 4) is 11.3 Å². The van der Waals surface area contributed by atoms with Crippen LogP contribution in [-0.2, 0) is 15.8 Å². The van der Waals surface area contributed by atoms with Crippen molar-refractivity contribution in [3.05, 3.63) is 71.5 Å². The zero-order chi connectivity index (χ0) is 23.0. The zero-order valence-corrected chi connectivity index (χ0v) is 16.8. The molecule has 32 heavy (non-hydrogen) atoms. The van der Waals surface area contributed by atoms with Gasteiger partial charge in [-0.25, -0.2) is 0 Å². The van der Waals surface area contributed by atoms with Crippen LogP contribution in [0, 0.1) is 6.92 Å². The molecule has 164 valence electrons. The Balaban J connectivity index is 1.51. The highest BCUT2D eigenvalue weighted by molar-refractivity contribution is 6.20.